The van der Waals surface area contributed by atoms with Crippen LogP contribution in [0.4, 0.5) is 0 Å². The number of fused-ring (bicyclic) bond motifs is 1. The van der Waals surface area contributed by atoms with Crippen LogP contribution in [0.15, 0.2) is 29.3 Å². The number of amidine groups is 1. The van der Waals surface area contributed by atoms with Gasteiger partial charge in [0.1, 0.15) is 0 Å². The van der Waals surface area contributed by atoms with Crippen molar-refractivity contribution in [2.24, 2.45) is 4.99 Å². The van der Waals surface area contributed by atoms with Gasteiger partial charge in [-0.15, -0.1) is 0 Å². The Morgan fingerprint density at radius 2 is 2.00 bits per heavy atom. The van der Waals surface area contributed by atoms with Gasteiger partial charge in [0.25, 0.3) is 0 Å². The highest BCUT2D eigenvalue weighted by atomic mass is 15.0. The van der Waals surface area contributed by atoms with Gasteiger partial charge in [-0.3, -0.25) is 4.99 Å². The number of nitrogens with zero attached hydrogens (tertiary/aromatic N) is 1. The molecule has 0 aromatic heterocycles. The maximum atomic E-state index is 4.84. The highest BCUT2D eigenvalue weighted by Crippen LogP contribution is 2.23. The molecule has 0 spiro atoms. The molecule has 16 heavy (non-hydrogen) atoms. The molecule has 1 aromatic carbocycles. The summed E-state index contributed by atoms with van der Waals surface area (Å²) in [5, 5.41) is 3.38. The third kappa shape index (κ3) is 1.97. The summed E-state index contributed by atoms with van der Waals surface area (Å²) in [6, 6.07) is 9.30. The first-order chi connectivity index (χ1) is 7.92. The van der Waals surface area contributed by atoms with Gasteiger partial charge in [0.2, 0.25) is 0 Å². The van der Waals surface area contributed by atoms with Crippen LogP contribution >= 0.6 is 0 Å². The molecule has 3 rings (SSSR count). The average Bonchev–Trinajstić information content (AvgIpc) is 2.82. The van der Waals surface area contributed by atoms with Gasteiger partial charge in [0, 0.05) is 13.0 Å². The third-order valence-electron chi connectivity index (χ3n) is 3.58. The fourth-order valence-corrected chi connectivity index (χ4v) is 2.70. The number of rotatable bonds is 1. The van der Waals surface area contributed by atoms with Crippen LogP contribution in [-0.2, 0) is 12.8 Å². The van der Waals surface area contributed by atoms with Crippen LogP contribution < -0.4 is 5.32 Å². The summed E-state index contributed by atoms with van der Waals surface area (Å²) in [4.78, 5) is 4.84. The summed E-state index contributed by atoms with van der Waals surface area (Å²) in [6.45, 7) is 1.11. The molecule has 1 aromatic rings. The molecule has 1 fully saturated rings. The fourth-order valence-electron chi connectivity index (χ4n) is 2.70. The molecule has 2 heteroatoms. The van der Waals surface area contributed by atoms with Crippen LogP contribution in [0.25, 0.3) is 0 Å². The van der Waals surface area contributed by atoms with Crippen molar-refractivity contribution < 1.29 is 0 Å². The highest BCUT2D eigenvalue weighted by Gasteiger charge is 2.18. The Morgan fingerprint density at radius 3 is 2.81 bits per heavy atom. The number of hydrogen-bond acceptors (Lipinski definition) is 1. The Bertz CT molecular complexity index is 401. The quantitative estimate of drug-likeness (QED) is 0.762. The summed E-state index contributed by atoms with van der Waals surface area (Å²) in [6.07, 6.45) is 5.93. The van der Waals surface area contributed by atoms with Crippen LogP contribution in [0.5, 0.6) is 0 Å². The topological polar surface area (TPSA) is 24.4 Å². The van der Waals surface area contributed by atoms with Crippen molar-refractivity contribution in [2.75, 3.05) is 6.54 Å². The molecule has 2 nitrogen and oxygen atoms in total. The van der Waals surface area contributed by atoms with Crippen molar-refractivity contribution in [1.82, 2.24) is 5.32 Å². The minimum Gasteiger partial charge on any atom is -0.374 e. The van der Waals surface area contributed by atoms with Gasteiger partial charge in [-0.25, -0.2) is 0 Å². The van der Waals surface area contributed by atoms with E-state index in [2.05, 4.69) is 29.6 Å². The summed E-state index contributed by atoms with van der Waals surface area (Å²) < 4.78 is 0. The number of aliphatic imine (C=N–C) groups is 1. The summed E-state index contributed by atoms with van der Waals surface area (Å²) >= 11 is 0. The lowest BCUT2D eigenvalue weighted by Crippen LogP contribution is -2.22. The van der Waals surface area contributed by atoms with Crippen molar-refractivity contribution in [1.29, 1.82) is 0 Å². The van der Waals surface area contributed by atoms with Crippen LogP contribution in [0.1, 0.15) is 30.4 Å². The summed E-state index contributed by atoms with van der Waals surface area (Å²) in [5.41, 5.74) is 3.03. The number of hydrogen-bond donors (Lipinski definition) is 1. The van der Waals surface area contributed by atoms with E-state index >= 15 is 0 Å². The number of aryl methyl sites for hydroxylation is 1. The van der Waals surface area contributed by atoms with Gasteiger partial charge in [-0.1, -0.05) is 24.3 Å². The minimum absolute atomic E-state index is 0.510. The molecule has 1 atom stereocenters. The van der Waals surface area contributed by atoms with Crippen LogP contribution in [0.3, 0.4) is 0 Å². The van der Waals surface area contributed by atoms with Gasteiger partial charge in [-0.2, -0.15) is 0 Å². The Kier molecular flexibility index (Phi) is 2.65. The molecule has 1 heterocycles. The van der Waals surface area contributed by atoms with E-state index in [-0.39, 0.29) is 0 Å². The molecule has 1 aliphatic heterocycles. The van der Waals surface area contributed by atoms with E-state index in [1.165, 1.54) is 36.2 Å². The molecule has 0 saturated carbocycles. The van der Waals surface area contributed by atoms with Crippen molar-refractivity contribution in [3.63, 3.8) is 0 Å². The van der Waals surface area contributed by atoms with E-state index in [4.69, 9.17) is 4.99 Å². The molecule has 2 aliphatic rings. The zero-order chi connectivity index (χ0) is 10.8. The van der Waals surface area contributed by atoms with Gasteiger partial charge >= 0.3 is 0 Å². The molecule has 0 radical (unpaired) electrons. The van der Waals surface area contributed by atoms with Gasteiger partial charge < -0.3 is 5.32 Å². The SMILES string of the molecule is c1ccc2c(c1)CCC(/N=C1\CCCN1)C2. The number of benzene rings is 1. The zero-order valence-electron chi connectivity index (χ0n) is 9.58. The number of nitrogens with one attached hydrogen (secondary N) is 1. The van der Waals surface area contributed by atoms with Crippen molar-refractivity contribution in [3.8, 4) is 0 Å². The maximum absolute atomic E-state index is 4.84. The second kappa shape index (κ2) is 4.28. The van der Waals surface area contributed by atoms with E-state index in [0.717, 1.165) is 19.4 Å². The van der Waals surface area contributed by atoms with E-state index in [1.54, 1.807) is 0 Å². The molecular formula is C14H18N2. The van der Waals surface area contributed by atoms with Gasteiger partial charge in [0.05, 0.1) is 11.9 Å². The molecule has 1 unspecified atom stereocenters. The molecule has 0 amide bonds. The molecule has 0 bridgehead atoms. The fraction of sp³-hybridized carbons (Fsp3) is 0.500. The van der Waals surface area contributed by atoms with Gasteiger partial charge in [0.15, 0.2) is 0 Å². The lowest BCUT2D eigenvalue weighted by molar-refractivity contribution is 0.576. The van der Waals surface area contributed by atoms with Crippen LogP contribution in [0.2, 0.25) is 0 Å². The molecular weight excluding hydrogens is 196 g/mol. The monoisotopic (exact) mass is 214 g/mol. The minimum atomic E-state index is 0.510. The van der Waals surface area contributed by atoms with E-state index < -0.39 is 0 Å². The molecule has 1 saturated heterocycles. The van der Waals surface area contributed by atoms with Crippen molar-refractivity contribution in [3.05, 3.63) is 35.4 Å². The molecule has 84 valence electrons. The van der Waals surface area contributed by atoms with Crippen molar-refractivity contribution >= 4 is 5.84 Å². The van der Waals surface area contributed by atoms with E-state index in [9.17, 15) is 0 Å². The second-order valence-corrected chi connectivity index (χ2v) is 4.77. The molecule has 1 N–H and O–H groups in total. The lowest BCUT2D eigenvalue weighted by Gasteiger charge is -2.22. The van der Waals surface area contributed by atoms with Crippen molar-refractivity contribution in [2.45, 2.75) is 38.1 Å². The Balaban J connectivity index is 1.75. The van der Waals surface area contributed by atoms with Crippen LogP contribution in [-0.4, -0.2) is 18.4 Å². The largest absolute Gasteiger partial charge is 0.374 e. The van der Waals surface area contributed by atoms with E-state index in [0.29, 0.717) is 6.04 Å². The lowest BCUT2D eigenvalue weighted by atomic mass is 9.89. The van der Waals surface area contributed by atoms with Crippen LogP contribution in [0, 0.1) is 0 Å². The summed E-state index contributed by atoms with van der Waals surface area (Å²) in [5.74, 6) is 1.24. The third-order valence-corrected chi connectivity index (χ3v) is 3.58. The smallest absolute Gasteiger partial charge is 0.0967 e. The zero-order valence-corrected chi connectivity index (χ0v) is 9.58. The Hall–Kier alpha value is -1.31. The Morgan fingerprint density at radius 1 is 1.12 bits per heavy atom. The predicted molar refractivity (Wildman–Crippen MR) is 66.9 cm³/mol. The average molecular weight is 214 g/mol. The molecule has 1 aliphatic carbocycles. The predicted octanol–water partition coefficient (Wildman–Crippen LogP) is 2.33. The second-order valence-electron chi connectivity index (χ2n) is 4.77. The first-order valence-electron chi connectivity index (χ1n) is 6.29. The first kappa shape index (κ1) is 9.88. The first-order valence-corrected chi connectivity index (χ1v) is 6.29. The maximum Gasteiger partial charge on any atom is 0.0967 e. The summed E-state index contributed by atoms with van der Waals surface area (Å²) in [7, 11) is 0. The van der Waals surface area contributed by atoms with E-state index in [1.807, 2.05) is 0 Å². The normalized spacial score (nSPS) is 26.5. The Labute approximate surface area is 96.8 Å². The highest BCUT2D eigenvalue weighted by molar-refractivity contribution is 5.84. The standard InChI is InChI=1S/C14H18N2/c1-2-5-12-10-13(8-7-11(12)4-1)16-14-6-3-9-15-14/h1-2,4-5,13H,3,6-10H2,(H,15,16). The van der Waals surface area contributed by atoms with Gasteiger partial charge in [-0.05, 0) is 36.8 Å².